The third kappa shape index (κ3) is 3.25. The lowest BCUT2D eigenvalue weighted by Crippen LogP contribution is -2.13. The molecule has 1 aromatic heterocycles. The van der Waals surface area contributed by atoms with Crippen LogP contribution in [0.25, 0.3) is 5.69 Å². The Morgan fingerprint density at radius 3 is 2.84 bits per heavy atom. The predicted molar refractivity (Wildman–Crippen MR) is 63.1 cm³/mol. The summed E-state index contributed by atoms with van der Waals surface area (Å²) in [6.45, 7) is 0.300. The van der Waals surface area contributed by atoms with E-state index in [-0.39, 0.29) is 0 Å². The average Bonchev–Trinajstić information content (AvgIpc) is 2.84. The molecular formula is C12H12F3N3O. The van der Waals surface area contributed by atoms with E-state index >= 15 is 0 Å². The second-order valence-corrected chi connectivity index (χ2v) is 3.81. The molecule has 19 heavy (non-hydrogen) atoms. The molecule has 0 fully saturated rings. The van der Waals surface area contributed by atoms with Gasteiger partial charge in [0.2, 0.25) is 0 Å². The molecule has 7 heteroatoms. The van der Waals surface area contributed by atoms with Crippen molar-refractivity contribution in [3.8, 4) is 11.4 Å². The van der Waals surface area contributed by atoms with Gasteiger partial charge < -0.3 is 4.74 Å². The number of alkyl halides is 3. The number of nitrogens with one attached hydrogen (secondary N) is 1. The summed E-state index contributed by atoms with van der Waals surface area (Å²) in [5, 5.41) is 6.75. The van der Waals surface area contributed by atoms with Crippen LogP contribution in [-0.4, -0.2) is 23.6 Å². The number of rotatable bonds is 4. The van der Waals surface area contributed by atoms with Crippen molar-refractivity contribution in [3.05, 3.63) is 42.2 Å². The van der Waals surface area contributed by atoms with Gasteiger partial charge in [0.1, 0.15) is 6.73 Å². The third-order valence-corrected chi connectivity index (χ3v) is 2.38. The maximum absolute atomic E-state index is 12.6. The van der Waals surface area contributed by atoms with Crippen LogP contribution >= 0.6 is 0 Å². The summed E-state index contributed by atoms with van der Waals surface area (Å²) in [5.41, 5.74) is -0.382. The van der Waals surface area contributed by atoms with Crippen LogP contribution in [0.2, 0.25) is 0 Å². The zero-order valence-electron chi connectivity index (χ0n) is 10.1. The highest BCUT2D eigenvalue weighted by Gasteiger charge is 2.30. The van der Waals surface area contributed by atoms with Gasteiger partial charge >= 0.3 is 6.18 Å². The molecule has 0 bridgehead atoms. The van der Waals surface area contributed by atoms with Crippen LogP contribution in [0.3, 0.4) is 0 Å². The Kier molecular flexibility index (Phi) is 3.75. The van der Waals surface area contributed by atoms with Gasteiger partial charge in [0.15, 0.2) is 5.75 Å². The second kappa shape index (κ2) is 5.31. The molecule has 4 nitrogen and oxygen atoms in total. The van der Waals surface area contributed by atoms with E-state index in [2.05, 4.69) is 10.4 Å². The second-order valence-electron chi connectivity index (χ2n) is 3.81. The summed E-state index contributed by atoms with van der Waals surface area (Å²) in [4.78, 5) is 0. The fourth-order valence-corrected chi connectivity index (χ4v) is 1.50. The quantitative estimate of drug-likeness (QED) is 0.868. The van der Waals surface area contributed by atoms with Crippen molar-refractivity contribution in [1.82, 2.24) is 15.1 Å². The van der Waals surface area contributed by atoms with Crippen LogP contribution in [0.15, 0.2) is 36.7 Å². The van der Waals surface area contributed by atoms with Crippen LogP contribution in [0, 0.1) is 0 Å². The first kappa shape index (κ1) is 13.4. The minimum atomic E-state index is -4.37. The van der Waals surface area contributed by atoms with Crippen molar-refractivity contribution in [2.75, 3.05) is 13.8 Å². The Morgan fingerprint density at radius 1 is 1.37 bits per heavy atom. The molecule has 1 N–H and O–H groups in total. The van der Waals surface area contributed by atoms with Crippen LogP contribution in [0.1, 0.15) is 5.56 Å². The van der Waals surface area contributed by atoms with Crippen molar-refractivity contribution in [2.24, 2.45) is 0 Å². The monoisotopic (exact) mass is 271 g/mol. The molecule has 2 aromatic rings. The summed E-state index contributed by atoms with van der Waals surface area (Å²) in [6.07, 6.45) is -1.40. The molecule has 0 unspecified atom stereocenters. The molecule has 0 atom stereocenters. The number of nitrogens with zero attached hydrogens (tertiary/aromatic N) is 2. The molecule has 0 aliphatic carbocycles. The van der Waals surface area contributed by atoms with Crippen molar-refractivity contribution in [3.63, 3.8) is 0 Å². The summed E-state index contributed by atoms with van der Waals surface area (Å²) in [6, 6.07) is 4.94. The molecule has 102 valence electrons. The fourth-order valence-electron chi connectivity index (χ4n) is 1.50. The van der Waals surface area contributed by atoms with Crippen LogP contribution in [0.4, 0.5) is 13.2 Å². The standard InChI is InChI=1S/C12H12F3N3O/c1-16-8-19-11-6-17-18(7-11)10-4-2-3-9(5-10)12(13,14)15/h2-7,16H,8H2,1H3. The summed E-state index contributed by atoms with van der Waals surface area (Å²) < 4.78 is 44.3. The highest BCUT2D eigenvalue weighted by atomic mass is 19.4. The van der Waals surface area contributed by atoms with Gasteiger partial charge in [-0.15, -0.1) is 0 Å². The Labute approximate surface area is 107 Å². The highest BCUT2D eigenvalue weighted by molar-refractivity contribution is 5.37. The Morgan fingerprint density at radius 2 is 2.16 bits per heavy atom. The largest absolute Gasteiger partial charge is 0.475 e. The maximum atomic E-state index is 12.6. The SMILES string of the molecule is CNCOc1cnn(-c2cccc(C(F)(F)F)c2)c1. The van der Waals surface area contributed by atoms with Gasteiger partial charge in [0.25, 0.3) is 0 Å². The minimum Gasteiger partial charge on any atom is -0.475 e. The molecule has 0 aliphatic heterocycles. The molecule has 0 radical (unpaired) electrons. The fraction of sp³-hybridized carbons (Fsp3) is 0.250. The van der Waals surface area contributed by atoms with E-state index in [1.165, 1.54) is 23.1 Å². The van der Waals surface area contributed by atoms with E-state index in [4.69, 9.17) is 4.74 Å². The molecule has 1 aromatic carbocycles. The van der Waals surface area contributed by atoms with Gasteiger partial charge in [0, 0.05) is 0 Å². The predicted octanol–water partition coefficient (Wildman–Crippen LogP) is 2.45. The lowest BCUT2D eigenvalue weighted by Gasteiger charge is -2.08. The third-order valence-electron chi connectivity index (χ3n) is 2.38. The number of hydrogen-bond acceptors (Lipinski definition) is 3. The average molecular weight is 271 g/mol. The highest BCUT2D eigenvalue weighted by Crippen LogP contribution is 2.30. The van der Waals surface area contributed by atoms with Crippen molar-refractivity contribution in [1.29, 1.82) is 0 Å². The Balaban J connectivity index is 2.24. The zero-order valence-corrected chi connectivity index (χ0v) is 10.1. The van der Waals surface area contributed by atoms with Gasteiger partial charge in [-0.05, 0) is 25.2 Å². The number of benzene rings is 1. The Bertz CT molecular complexity index is 551. The van der Waals surface area contributed by atoms with Crippen molar-refractivity contribution < 1.29 is 17.9 Å². The zero-order chi connectivity index (χ0) is 13.9. The first-order valence-corrected chi connectivity index (χ1v) is 5.50. The normalized spacial score (nSPS) is 11.6. The molecule has 0 saturated carbocycles. The van der Waals surface area contributed by atoms with Crippen LogP contribution < -0.4 is 10.1 Å². The van der Waals surface area contributed by atoms with E-state index in [0.29, 0.717) is 18.2 Å². The summed E-state index contributed by atoms with van der Waals surface area (Å²) in [7, 11) is 1.72. The molecule has 0 aliphatic rings. The topological polar surface area (TPSA) is 39.1 Å². The smallest absolute Gasteiger partial charge is 0.416 e. The van der Waals surface area contributed by atoms with Gasteiger partial charge in [0.05, 0.1) is 23.6 Å². The number of halogens is 3. The van der Waals surface area contributed by atoms with E-state index < -0.39 is 11.7 Å². The van der Waals surface area contributed by atoms with Crippen molar-refractivity contribution >= 4 is 0 Å². The van der Waals surface area contributed by atoms with E-state index in [1.54, 1.807) is 13.1 Å². The lowest BCUT2D eigenvalue weighted by molar-refractivity contribution is -0.137. The molecule has 2 rings (SSSR count). The van der Waals surface area contributed by atoms with E-state index in [1.807, 2.05) is 0 Å². The van der Waals surface area contributed by atoms with Crippen LogP contribution in [-0.2, 0) is 6.18 Å². The number of aromatic nitrogens is 2. The first-order valence-electron chi connectivity index (χ1n) is 5.50. The van der Waals surface area contributed by atoms with Gasteiger partial charge in [-0.3, -0.25) is 5.32 Å². The first-order chi connectivity index (χ1) is 9.00. The summed E-state index contributed by atoms with van der Waals surface area (Å²) >= 11 is 0. The van der Waals surface area contributed by atoms with E-state index in [0.717, 1.165) is 12.1 Å². The van der Waals surface area contributed by atoms with Crippen LogP contribution in [0.5, 0.6) is 5.75 Å². The number of ether oxygens (including phenoxy) is 1. The maximum Gasteiger partial charge on any atom is 0.416 e. The molecule has 1 heterocycles. The van der Waals surface area contributed by atoms with Gasteiger partial charge in [-0.1, -0.05) is 6.07 Å². The van der Waals surface area contributed by atoms with Crippen molar-refractivity contribution in [2.45, 2.75) is 6.18 Å². The van der Waals surface area contributed by atoms with Gasteiger partial charge in [-0.25, -0.2) is 4.68 Å². The van der Waals surface area contributed by atoms with Gasteiger partial charge in [-0.2, -0.15) is 18.3 Å². The molecule has 0 saturated heterocycles. The molecule has 0 spiro atoms. The lowest BCUT2D eigenvalue weighted by atomic mass is 10.2. The number of hydrogen-bond donors (Lipinski definition) is 1. The minimum absolute atomic E-state index is 0.300. The molecular weight excluding hydrogens is 259 g/mol. The molecule has 0 amide bonds. The Hall–Kier alpha value is -2.02. The summed E-state index contributed by atoms with van der Waals surface area (Å²) in [5.74, 6) is 0.478. The van der Waals surface area contributed by atoms with E-state index in [9.17, 15) is 13.2 Å².